The number of aryl methyl sites for hydroxylation is 1. The highest BCUT2D eigenvalue weighted by Crippen LogP contribution is 2.26. The molecule has 18 heavy (non-hydrogen) atoms. The minimum absolute atomic E-state index is 0.333. The van der Waals surface area contributed by atoms with Gasteiger partial charge in [0.15, 0.2) is 0 Å². The van der Waals surface area contributed by atoms with Gasteiger partial charge in [0.2, 0.25) is 0 Å². The van der Waals surface area contributed by atoms with Crippen molar-refractivity contribution < 1.29 is 4.74 Å². The molecule has 0 heterocycles. The minimum Gasteiger partial charge on any atom is -0.496 e. The Bertz CT molecular complexity index is 362. The second kappa shape index (κ2) is 7.42. The van der Waals surface area contributed by atoms with Crippen LogP contribution >= 0.6 is 0 Å². The maximum absolute atomic E-state index is 5.44. The molecule has 0 aliphatic rings. The number of hydrogen-bond donors (Lipinski definition) is 1. The van der Waals surface area contributed by atoms with Crippen LogP contribution in [0.1, 0.15) is 50.8 Å². The molecule has 2 atom stereocenters. The van der Waals surface area contributed by atoms with Crippen molar-refractivity contribution in [2.45, 2.75) is 46.6 Å². The molecule has 0 bridgehead atoms. The van der Waals surface area contributed by atoms with Gasteiger partial charge in [0.1, 0.15) is 5.75 Å². The van der Waals surface area contributed by atoms with Crippen molar-refractivity contribution in [3.05, 3.63) is 29.3 Å². The SMILES string of the molecule is CCCC(C)CNC(C)c1cc(C)ccc1OC. The molecule has 0 aliphatic heterocycles. The molecule has 0 saturated carbocycles. The first-order valence-electron chi connectivity index (χ1n) is 6.96. The Kier molecular flexibility index (Phi) is 6.20. The Morgan fingerprint density at radius 3 is 2.61 bits per heavy atom. The number of benzene rings is 1. The van der Waals surface area contributed by atoms with Gasteiger partial charge in [0.05, 0.1) is 7.11 Å². The lowest BCUT2D eigenvalue weighted by molar-refractivity contribution is 0.394. The third-order valence-corrected chi connectivity index (χ3v) is 3.41. The van der Waals surface area contributed by atoms with Crippen molar-refractivity contribution in [3.8, 4) is 5.75 Å². The summed E-state index contributed by atoms with van der Waals surface area (Å²) < 4.78 is 5.44. The fourth-order valence-electron chi connectivity index (χ4n) is 2.27. The molecule has 0 saturated heterocycles. The molecule has 2 unspecified atom stereocenters. The maximum Gasteiger partial charge on any atom is 0.123 e. The highest BCUT2D eigenvalue weighted by molar-refractivity contribution is 5.38. The molecule has 2 nitrogen and oxygen atoms in total. The van der Waals surface area contributed by atoms with Gasteiger partial charge in [-0.25, -0.2) is 0 Å². The number of methoxy groups -OCH3 is 1. The van der Waals surface area contributed by atoms with Crippen LogP contribution in [0.3, 0.4) is 0 Å². The van der Waals surface area contributed by atoms with E-state index in [1.54, 1.807) is 7.11 Å². The van der Waals surface area contributed by atoms with Gasteiger partial charge in [-0.1, -0.05) is 38.0 Å². The molecule has 102 valence electrons. The van der Waals surface area contributed by atoms with Crippen molar-refractivity contribution in [2.75, 3.05) is 13.7 Å². The van der Waals surface area contributed by atoms with Gasteiger partial charge in [-0.2, -0.15) is 0 Å². The number of rotatable bonds is 7. The van der Waals surface area contributed by atoms with E-state index in [4.69, 9.17) is 4.74 Å². The Labute approximate surface area is 112 Å². The zero-order valence-electron chi connectivity index (χ0n) is 12.4. The molecule has 1 aromatic carbocycles. The van der Waals surface area contributed by atoms with Crippen LogP contribution in [0.5, 0.6) is 5.75 Å². The van der Waals surface area contributed by atoms with Crippen LogP contribution in [0, 0.1) is 12.8 Å². The van der Waals surface area contributed by atoms with Crippen LogP contribution in [0.4, 0.5) is 0 Å². The predicted octanol–water partition coefficient (Wildman–Crippen LogP) is 4.09. The van der Waals surface area contributed by atoms with E-state index in [9.17, 15) is 0 Å². The Morgan fingerprint density at radius 2 is 2.00 bits per heavy atom. The Balaban J connectivity index is 2.65. The van der Waals surface area contributed by atoms with Crippen molar-refractivity contribution in [1.29, 1.82) is 0 Å². The fourth-order valence-corrected chi connectivity index (χ4v) is 2.27. The third-order valence-electron chi connectivity index (χ3n) is 3.41. The summed E-state index contributed by atoms with van der Waals surface area (Å²) >= 11 is 0. The van der Waals surface area contributed by atoms with Crippen LogP contribution in [0.25, 0.3) is 0 Å². The van der Waals surface area contributed by atoms with Gasteiger partial charge < -0.3 is 10.1 Å². The maximum atomic E-state index is 5.44. The molecule has 2 heteroatoms. The standard InChI is InChI=1S/C16H27NO/c1-6-7-13(3)11-17-14(4)15-10-12(2)8-9-16(15)18-5/h8-10,13-14,17H,6-7,11H2,1-5H3. The highest BCUT2D eigenvalue weighted by atomic mass is 16.5. The predicted molar refractivity (Wildman–Crippen MR) is 78.2 cm³/mol. The summed E-state index contributed by atoms with van der Waals surface area (Å²) in [5.41, 5.74) is 2.53. The monoisotopic (exact) mass is 249 g/mol. The molecule has 1 aromatic rings. The highest BCUT2D eigenvalue weighted by Gasteiger charge is 2.12. The molecule has 0 aliphatic carbocycles. The van der Waals surface area contributed by atoms with E-state index in [-0.39, 0.29) is 0 Å². The van der Waals surface area contributed by atoms with E-state index in [0.717, 1.165) is 18.2 Å². The average molecular weight is 249 g/mol. The van der Waals surface area contributed by atoms with Gasteiger partial charge in [0.25, 0.3) is 0 Å². The van der Waals surface area contributed by atoms with E-state index in [2.05, 4.69) is 51.2 Å². The smallest absolute Gasteiger partial charge is 0.123 e. The summed E-state index contributed by atoms with van der Waals surface area (Å²) in [6.45, 7) is 9.93. The average Bonchev–Trinajstić information content (AvgIpc) is 2.36. The summed E-state index contributed by atoms with van der Waals surface area (Å²) in [4.78, 5) is 0. The molecular formula is C16H27NO. The van der Waals surface area contributed by atoms with Crippen LogP contribution in [-0.2, 0) is 0 Å². The lowest BCUT2D eigenvalue weighted by atomic mass is 10.0. The zero-order valence-corrected chi connectivity index (χ0v) is 12.4. The van der Waals surface area contributed by atoms with Gasteiger partial charge in [0, 0.05) is 11.6 Å². The van der Waals surface area contributed by atoms with Crippen molar-refractivity contribution in [2.24, 2.45) is 5.92 Å². The summed E-state index contributed by atoms with van der Waals surface area (Å²) in [6.07, 6.45) is 2.54. The van der Waals surface area contributed by atoms with E-state index >= 15 is 0 Å². The summed E-state index contributed by atoms with van der Waals surface area (Å²) in [7, 11) is 1.74. The van der Waals surface area contributed by atoms with Crippen molar-refractivity contribution >= 4 is 0 Å². The van der Waals surface area contributed by atoms with Gasteiger partial charge in [-0.05, 0) is 38.8 Å². The second-order valence-corrected chi connectivity index (χ2v) is 5.27. The summed E-state index contributed by atoms with van der Waals surface area (Å²) in [5, 5.41) is 3.61. The van der Waals surface area contributed by atoms with Gasteiger partial charge >= 0.3 is 0 Å². The molecule has 0 amide bonds. The topological polar surface area (TPSA) is 21.3 Å². The minimum atomic E-state index is 0.333. The molecule has 0 radical (unpaired) electrons. The summed E-state index contributed by atoms with van der Waals surface area (Å²) in [5.74, 6) is 1.71. The van der Waals surface area contributed by atoms with Gasteiger partial charge in [-0.3, -0.25) is 0 Å². The normalized spacial score (nSPS) is 14.3. The van der Waals surface area contributed by atoms with Crippen molar-refractivity contribution in [3.63, 3.8) is 0 Å². The zero-order chi connectivity index (χ0) is 13.5. The van der Waals surface area contributed by atoms with Crippen LogP contribution in [-0.4, -0.2) is 13.7 Å². The van der Waals surface area contributed by atoms with Crippen molar-refractivity contribution in [1.82, 2.24) is 5.32 Å². The first kappa shape index (κ1) is 15.0. The van der Waals surface area contributed by atoms with Gasteiger partial charge in [-0.15, -0.1) is 0 Å². The molecule has 0 aromatic heterocycles. The number of nitrogens with one attached hydrogen (secondary N) is 1. The number of ether oxygens (including phenoxy) is 1. The van der Waals surface area contributed by atoms with E-state index in [0.29, 0.717) is 6.04 Å². The first-order chi connectivity index (χ1) is 8.58. The molecule has 1 rings (SSSR count). The summed E-state index contributed by atoms with van der Waals surface area (Å²) in [6, 6.07) is 6.69. The Morgan fingerprint density at radius 1 is 1.28 bits per heavy atom. The first-order valence-corrected chi connectivity index (χ1v) is 6.96. The Hall–Kier alpha value is -1.02. The van der Waals surface area contributed by atoms with Crippen LogP contribution in [0.2, 0.25) is 0 Å². The van der Waals surface area contributed by atoms with E-state index in [1.165, 1.54) is 24.0 Å². The molecule has 0 spiro atoms. The molecular weight excluding hydrogens is 222 g/mol. The fraction of sp³-hybridized carbons (Fsp3) is 0.625. The quantitative estimate of drug-likeness (QED) is 0.786. The third kappa shape index (κ3) is 4.34. The second-order valence-electron chi connectivity index (χ2n) is 5.27. The molecule has 0 fully saturated rings. The van der Waals surface area contributed by atoms with Crippen LogP contribution in [0.15, 0.2) is 18.2 Å². The van der Waals surface area contributed by atoms with E-state index < -0.39 is 0 Å². The largest absolute Gasteiger partial charge is 0.496 e. The lowest BCUT2D eigenvalue weighted by Crippen LogP contribution is -2.24. The lowest BCUT2D eigenvalue weighted by Gasteiger charge is -2.20. The molecule has 1 N–H and O–H groups in total. The van der Waals surface area contributed by atoms with Crippen LogP contribution < -0.4 is 10.1 Å². The number of hydrogen-bond acceptors (Lipinski definition) is 2. The van der Waals surface area contributed by atoms with E-state index in [1.807, 2.05) is 0 Å².